The van der Waals surface area contributed by atoms with Gasteiger partial charge in [0.05, 0.1) is 20.3 Å². The number of hydrogen-bond donors (Lipinski definition) is 1. The quantitative estimate of drug-likeness (QED) is 0.323. The van der Waals surface area contributed by atoms with Gasteiger partial charge >= 0.3 is 11.9 Å². The maximum Gasteiger partial charge on any atom is 0.305 e. The molecule has 2 aromatic carbocycles. The van der Waals surface area contributed by atoms with Crippen LogP contribution in [0.4, 0.5) is 0 Å². The Morgan fingerprint density at radius 3 is 1.76 bits per heavy atom. The molecule has 8 heteroatoms. The maximum absolute atomic E-state index is 10.8. The summed E-state index contributed by atoms with van der Waals surface area (Å²) >= 11 is 6.67. The van der Waals surface area contributed by atoms with E-state index in [2.05, 4.69) is 36.6 Å². The molecule has 1 N–H and O–H groups in total. The third-order valence-corrected chi connectivity index (χ3v) is 4.40. The van der Waals surface area contributed by atoms with Crippen LogP contribution < -0.4 is 9.47 Å². The van der Waals surface area contributed by atoms with Gasteiger partial charge in [-0.15, -0.1) is 0 Å². The van der Waals surface area contributed by atoms with Crippen molar-refractivity contribution in [1.82, 2.24) is 0 Å². The molecule has 0 radical (unpaired) electrons. The zero-order valence-corrected chi connectivity index (χ0v) is 19.3. The van der Waals surface area contributed by atoms with Crippen LogP contribution in [0.5, 0.6) is 11.5 Å². The molecule has 6 nitrogen and oxygen atoms in total. The van der Waals surface area contributed by atoms with Crippen LogP contribution in [-0.2, 0) is 14.3 Å². The van der Waals surface area contributed by atoms with Crippen molar-refractivity contribution in [1.29, 1.82) is 0 Å². The van der Waals surface area contributed by atoms with E-state index < -0.39 is 5.97 Å². The van der Waals surface area contributed by atoms with Gasteiger partial charge in [0.2, 0.25) is 0 Å². The number of carboxylic acids is 1. The number of hydrogen-bond acceptors (Lipinski definition) is 5. The minimum atomic E-state index is -0.789. The molecule has 0 unspecified atom stereocenters. The standard InChI is InChI=1S/C11H13BrO3.C10H11BrO3/c1-14-11(13)6-3-7-15-10-5-2-4-9(12)8-10;11-8-3-1-4-9(7-8)14-6-2-5-10(12)13/h2,4-5,8H,3,6-7H2,1H3;1,3-4,7H,2,5-6H2,(H,12,13). The first-order chi connectivity index (χ1) is 13.9. The molecule has 0 aliphatic heterocycles. The Morgan fingerprint density at radius 2 is 1.34 bits per heavy atom. The minimum absolute atomic E-state index is 0.147. The van der Waals surface area contributed by atoms with Gasteiger partial charge < -0.3 is 19.3 Å². The summed E-state index contributed by atoms with van der Waals surface area (Å²) in [4.78, 5) is 21.0. The Bertz CT molecular complexity index is 766. The molecule has 0 aliphatic carbocycles. The van der Waals surface area contributed by atoms with Crippen LogP contribution in [0.2, 0.25) is 0 Å². The summed E-state index contributed by atoms with van der Waals surface area (Å²) in [6.07, 6.45) is 1.74. The van der Waals surface area contributed by atoms with Crippen molar-refractivity contribution in [2.45, 2.75) is 25.7 Å². The monoisotopic (exact) mass is 530 g/mol. The van der Waals surface area contributed by atoms with Crippen molar-refractivity contribution in [2.24, 2.45) is 0 Å². The number of halogens is 2. The third-order valence-electron chi connectivity index (χ3n) is 3.42. The molecular weight excluding hydrogens is 508 g/mol. The van der Waals surface area contributed by atoms with Gasteiger partial charge in [-0.05, 0) is 49.2 Å². The van der Waals surface area contributed by atoms with Crippen molar-refractivity contribution >= 4 is 43.8 Å². The molecule has 0 aliphatic rings. The largest absolute Gasteiger partial charge is 0.494 e. The molecule has 2 rings (SSSR count). The van der Waals surface area contributed by atoms with E-state index in [0.717, 1.165) is 20.4 Å². The van der Waals surface area contributed by atoms with Gasteiger partial charge in [0.15, 0.2) is 0 Å². The number of carbonyl (C=O) groups excluding carboxylic acids is 1. The molecule has 29 heavy (non-hydrogen) atoms. The first-order valence-electron chi connectivity index (χ1n) is 8.96. The predicted molar refractivity (Wildman–Crippen MR) is 117 cm³/mol. The third kappa shape index (κ3) is 12.9. The van der Waals surface area contributed by atoms with E-state index in [1.807, 2.05) is 48.5 Å². The number of esters is 1. The summed E-state index contributed by atoms with van der Waals surface area (Å²) in [6.45, 7) is 0.953. The number of benzene rings is 2. The Hall–Kier alpha value is -2.06. The van der Waals surface area contributed by atoms with Crippen LogP contribution >= 0.6 is 31.9 Å². The summed E-state index contributed by atoms with van der Waals surface area (Å²) in [7, 11) is 1.39. The van der Waals surface area contributed by atoms with Crippen LogP contribution in [0.1, 0.15) is 25.7 Å². The molecule has 0 atom stereocenters. The Labute approximate surface area is 187 Å². The summed E-state index contributed by atoms with van der Waals surface area (Å²) in [5.41, 5.74) is 0. The van der Waals surface area contributed by atoms with Gasteiger partial charge in [-0.3, -0.25) is 9.59 Å². The number of methoxy groups -OCH3 is 1. The number of rotatable bonds is 10. The summed E-state index contributed by atoms with van der Waals surface area (Å²) < 4.78 is 17.2. The fraction of sp³-hybridized carbons (Fsp3) is 0.333. The normalized spacial score (nSPS) is 9.76. The van der Waals surface area contributed by atoms with Crippen molar-refractivity contribution in [2.75, 3.05) is 20.3 Å². The summed E-state index contributed by atoms with van der Waals surface area (Å²) in [5.74, 6) is 0.565. The zero-order valence-electron chi connectivity index (χ0n) is 16.1. The molecule has 0 aromatic heterocycles. The SMILES string of the molecule is COC(=O)CCCOc1cccc(Br)c1.O=C(O)CCCOc1cccc(Br)c1. The van der Waals surface area contributed by atoms with E-state index in [1.165, 1.54) is 7.11 Å². The van der Waals surface area contributed by atoms with Crippen LogP contribution in [0.15, 0.2) is 57.5 Å². The molecule has 0 saturated carbocycles. The van der Waals surface area contributed by atoms with Gasteiger partial charge in [0, 0.05) is 21.8 Å². The lowest BCUT2D eigenvalue weighted by Crippen LogP contribution is -2.04. The van der Waals surface area contributed by atoms with E-state index in [9.17, 15) is 9.59 Å². The second-order valence-electron chi connectivity index (χ2n) is 5.79. The van der Waals surface area contributed by atoms with E-state index in [1.54, 1.807) is 0 Å². The molecule has 158 valence electrons. The highest BCUT2D eigenvalue weighted by atomic mass is 79.9. The second kappa shape index (κ2) is 14.9. The fourth-order valence-corrected chi connectivity index (χ4v) is 2.79. The van der Waals surface area contributed by atoms with Gasteiger partial charge in [0.1, 0.15) is 11.5 Å². The highest BCUT2D eigenvalue weighted by molar-refractivity contribution is 9.10. The van der Waals surface area contributed by atoms with E-state index >= 15 is 0 Å². The first kappa shape index (κ1) is 25.0. The van der Waals surface area contributed by atoms with Crippen LogP contribution in [-0.4, -0.2) is 37.4 Å². The topological polar surface area (TPSA) is 82.1 Å². The van der Waals surface area contributed by atoms with Crippen molar-refractivity contribution in [3.8, 4) is 11.5 Å². The lowest BCUT2D eigenvalue weighted by atomic mass is 10.3. The average Bonchev–Trinajstić information content (AvgIpc) is 2.69. The van der Waals surface area contributed by atoms with Crippen LogP contribution in [0, 0.1) is 0 Å². The highest BCUT2D eigenvalue weighted by Crippen LogP contribution is 2.18. The summed E-state index contributed by atoms with van der Waals surface area (Å²) in [6, 6.07) is 15.1. The molecule has 0 saturated heterocycles. The lowest BCUT2D eigenvalue weighted by Gasteiger charge is -2.05. The number of carboxylic acid groups (broad SMARTS) is 1. The maximum atomic E-state index is 10.8. The number of aliphatic carboxylic acids is 1. The van der Waals surface area contributed by atoms with E-state index in [4.69, 9.17) is 14.6 Å². The highest BCUT2D eigenvalue weighted by Gasteiger charge is 2.00. The molecule has 0 amide bonds. The van der Waals surface area contributed by atoms with Crippen molar-refractivity contribution in [3.05, 3.63) is 57.5 Å². The fourth-order valence-electron chi connectivity index (χ4n) is 2.04. The van der Waals surface area contributed by atoms with Gasteiger partial charge in [0.25, 0.3) is 0 Å². The predicted octanol–water partition coefficient (Wildman–Crippen LogP) is 5.47. The molecule has 0 spiro atoms. The molecule has 0 fully saturated rings. The molecule has 0 bridgehead atoms. The second-order valence-corrected chi connectivity index (χ2v) is 7.62. The van der Waals surface area contributed by atoms with E-state index in [-0.39, 0.29) is 12.4 Å². The Kier molecular flexibility index (Phi) is 12.8. The van der Waals surface area contributed by atoms with Crippen molar-refractivity contribution < 1.29 is 28.9 Å². The van der Waals surface area contributed by atoms with Crippen LogP contribution in [0.3, 0.4) is 0 Å². The lowest BCUT2D eigenvalue weighted by molar-refractivity contribution is -0.141. The first-order valence-corrected chi connectivity index (χ1v) is 10.5. The molecule has 2 aromatic rings. The number of ether oxygens (including phenoxy) is 3. The van der Waals surface area contributed by atoms with Crippen molar-refractivity contribution in [3.63, 3.8) is 0 Å². The Balaban J connectivity index is 0.000000291. The number of carbonyl (C=O) groups is 2. The Morgan fingerprint density at radius 1 is 0.862 bits per heavy atom. The summed E-state index contributed by atoms with van der Waals surface area (Å²) in [5, 5.41) is 8.39. The van der Waals surface area contributed by atoms with Gasteiger partial charge in [-0.25, -0.2) is 0 Å². The van der Waals surface area contributed by atoms with Crippen LogP contribution in [0.25, 0.3) is 0 Å². The molecule has 0 heterocycles. The van der Waals surface area contributed by atoms with Gasteiger partial charge in [-0.2, -0.15) is 0 Å². The smallest absolute Gasteiger partial charge is 0.305 e. The average molecular weight is 532 g/mol. The molecular formula is C21H24Br2O6. The van der Waals surface area contributed by atoms with Gasteiger partial charge in [-0.1, -0.05) is 44.0 Å². The van der Waals surface area contributed by atoms with E-state index in [0.29, 0.717) is 32.5 Å². The zero-order chi connectivity index (χ0) is 21.5. The minimum Gasteiger partial charge on any atom is -0.494 e.